The Bertz CT molecular complexity index is 10.4. The van der Waals surface area contributed by atoms with Crippen molar-refractivity contribution < 1.29 is 49.1 Å². The van der Waals surface area contributed by atoms with E-state index in [9.17, 15) is 0 Å². The molecule has 0 atom stereocenters. The molecule has 8 heavy (non-hydrogen) atoms. The van der Waals surface area contributed by atoms with E-state index in [-0.39, 0.29) is 83.8 Å². The van der Waals surface area contributed by atoms with Crippen LogP contribution in [0.25, 0.3) is 0 Å². The van der Waals surface area contributed by atoms with Crippen LogP contribution in [0.3, 0.4) is 0 Å². The molecule has 0 aromatic carbocycles. The van der Waals surface area contributed by atoms with Gasteiger partial charge in [0.15, 0.2) is 0 Å². The maximum Gasteiger partial charge on any atom is 3.00 e. The summed E-state index contributed by atoms with van der Waals surface area (Å²) < 4.78 is 0. The molecule has 0 bridgehead atoms. The minimum absolute atomic E-state index is 0. The van der Waals surface area contributed by atoms with Crippen molar-refractivity contribution in [2.24, 2.45) is 0 Å². The van der Waals surface area contributed by atoms with Crippen molar-refractivity contribution in [1.29, 1.82) is 0 Å². The Labute approximate surface area is 83.5 Å². The van der Waals surface area contributed by atoms with Crippen LogP contribution < -0.4 is 0 Å². The van der Waals surface area contributed by atoms with Gasteiger partial charge in [-0.1, -0.05) is 0 Å². The molecular weight excluding hydrogens is 182 g/mol. The first-order valence-electron chi connectivity index (χ1n) is 0. The zero-order valence-electron chi connectivity index (χ0n) is 3.89. The molecule has 0 fully saturated rings. The largest absolute Gasteiger partial charge is 3.00 e. The zero-order chi connectivity index (χ0) is 0. The standard InChI is InChI=1S/2Al.5H2O.Ti/h;;5*1H2;/q2*+3;;;;;;/p-5. The summed E-state index contributed by atoms with van der Waals surface area (Å²) in [4.78, 5) is 0. The van der Waals surface area contributed by atoms with Gasteiger partial charge in [-0.2, -0.15) is 0 Å². The van der Waals surface area contributed by atoms with E-state index in [1.165, 1.54) is 0 Å². The molecular formula is H5Al2O5Ti+. The summed E-state index contributed by atoms with van der Waals surface area (Å²) >= 11 is 0. The minimum Gasteiger partial charge on any atom is -0.870 e. The molecule has 0 amide bonds. The monoisotopic (exact) mass is 187 g/mol. The predicted molar refractivity (Wildman–Crippen MR) is 21.2 cm³/mol. The third-order valence-corrected chi connectivity index (χ3v) is 0. The molecule has 0 spiro atoms. The van der Waals surface area contributed by atoms with E-state index < -0.39 is 0 Å². The van der Waals surface area contributed by atoms with E-state index in [0.717, 1.165) is 0 Å². The van der Waals surface area contributed by atoms with E-state index >= 15 is 0 Å². The number of rotatable bonds is 0. The Kier molecular flexibility index (Phi) is 6980. The topological polar surface area (TPSA) is 150 Å². The second kappa shape index (κ2) is 198. The van der Waals surface area contributed by atoms with E-state index in [1.54, 1.807) is 0 Å². The molecule has 0 aliphatic carbocycles. The quantitative estimate of drug-likeness (QED) is 0.416. The van der Waals surface area contributed by atoms with Crippen LogP contribution in [0.15, 0.2) is 0 Å². The van der Waals surface area contributed by atoms with Crippen molar-refractivity contribution in [3.63, 3.8) is 0 Å². The van der Waals surface area contributed by atoms with Gasteiger partial charge < -0.3 is 27.4 Å². The third kappa shape index (κ3) is 132. The molecule has 0 aromatic rings. The molecule has 0 saturated carbocycles. The Balaban J connectivity index is 0. The van der Waals surface area contributed by atoms with Crippen molar-refractivity contribution in [3.8, 4) is 0 Å². The van der Waals surface area contributed by atoms with E-state index in [2.05, 4.69) is 0 Å². The molecule has 0 heterocycles. The Morgan fingerprint density at radius 3 is 0.375 bits per heavy atom. The van der Waals surface area contributed by atoms with E-state index in [0.29, 0.717) is 0 Å². The van der Waals surface area contributed by atoms with E-state index in [1.807, 2.05) is 0 Å². The average Bonchev–Trinajstić information content (AvgIpc) is 0. The number of hydrogen-bond acceptors (Lipinski definition) is 5. The van der Waals surface area contributed by atoms with Gasteiger partial charge in [-0.05, 0) is 0 Å². The Hall–Kier alpha value is 1.58. The molecule has 0 aromatic heterocycles. The second-order valence-corrected chi connectivity index (χ2v) is 0. The van der Waals surface area contributed by atoms with Gasteiger partial charge in [0.25, 0.3) is 0 Å². The van der Waals surface area contributed by atoms with Gasteiger partial charge in [0, 0.05) is 21.7 Å². The normalized spacial score (nSPS) is 0. The Morgan fingerprint density at radius 2 is 0.375 bits per heavy atom. The van der Waals surface area contributed by atoms with Crippen LogP contribution in [-0.4, -0.2) is 62.1 Å². The van der Waals surface area contributed by atoms with Crippen LogP contribution in [-0.2, 0) is 21.7 Å². The van der Waals surface area contributed by atoms with Crippen LogP contribution >= 0.6 is 0 Å². The van der Waals surface area contributed by atoms with Crippen LogP contribution in [0.5, 0.6) is 0 Å². The van der Waals surface area contributed by atoms with Gasteiger partial charge in [0.1, 0.15) is 0 Å². The van der Waals surface area contributed by atoms with Gasteiger partial charge in [-0.25, -0.2) is 0 Å². The Morgan fingerprint density at radius 1 is 0.375 bits per heavy atom. The van der Waals surface area contributed by atoms with Gasteiger partial charge in [0.05, 0.1) is 0 Å². The SMILES string of the molecule is [Al+3].[Al+3].[OH-].[OH-].[OH-].[OH-].[OH-].[Ti]. The van der Waals surface area contributed by atoms with E-state index in [4.69, 9.17) is 0 Å². The maximum atomic E-state index is 0. The van der Waals surface area contributed by atoms with Crippen molar-refractivity contribution in [1.82, 2.24) is 0 Å². The molecule has 0 aliphatic rings. The fraction of sp³-hybridized carbons (Fsp3) is 0. The summed E-state index contributed by atoms with van der Waals surface area (Å²) in [6.07, 6.45) is 0. The van der Waals surface area contributed by atoms with Gasteiger partial charge in [0.2, 0.25) is 0 Å². The maximum absolute atomic E-state index is 0. The molecule has 5 nitrogen and oxygen atoms in total. The predicted octanol–water partition coefficient (Wildman–Crippen LogP) is -1.65. The molecule has 0 rings (SSSR count). The molecule has 0 saturated heterocycles. The summed E-state index contributed by atoms with van der Waals surface area (Å²) in [5.74, 6) is 0. The first kappa shape index (κ1) is 283. The van der Waals surface area contributed by atoms with Crippen molar-refractivity contribution in [2.75, 3.05) is 0 Å². The summed E-state index contributed by atoms with van der Waals surface area (Å²) in [6.45, 7) is 0. The van der Waals surface area contributed by atoms with Crippen LogP contribution in [0.4, 0.5) is 0 Å². The minimum atomic E-state index is 0. The summed E-state index contributed by atoms with van der Waals surface area (Å²) in [7, 11) is 0. The first-order chi connectivity index (χ1) is 0. The zero-order valence-corrected chi connectivity index (χ0v) is 7.76. The summed E-state index contributed by atoms with van der Waals surface area (Å²) in [5, 5.41) is 0. The molecule has 0 radical (unpaired) electrons. The molecule has 8 heteroatoms. The molecule has 0 aliphatic heterocycles. The fourth-order valence-electron chi connectivity index (χ4n) is 0. The smallest absolute Gasteiger partial charge is 0.870 e. The van der Waals surface area contributed by atoms with Crippen molar-refractivity contribution in [2.45, 2.75) is 0 Å². The van der Waals surface area contributed by atoms with Gasteiger partial charge >= 0.3 is 34.7 Å². The second-order valence-electron chi connectivity index (χ2n) is 0. The average molecular weight is 187 g/mol. The van der Waals surface area contributed by atoms with Crippen molar-refractivity contribution in [3.05, 3.63) is 0 Å². The van der Waals surface area contributed by atoms with Crippen molar-refractivity contribution >= 4 is 34.7 Å². The third-order valence-electron chi connectivity index (χ3n) is 0. The molecule has 44 valence electrons. The fourth-order valence-corrected chi connectivity index (χ4v) is 0. The summed E-state index contributed by atoms with van der Waals surface area (Å²) in [6, 6.07) is 0. The molecule has 0 unspecified atom stereocenters. The van der Waals surface area contributed by atoms with Crippen LogP contribution in [0.1, 0.15) is 0 Å². The van der Waals surface area contributed by atoms with Gasteiger partial charge in [-0.15, -0.1) is 0 Å². The first-order valence-corrected chi connectivity index (χ1v) is 0. The van der Waals surface area contributed by atoms with Crippen LogP contribution in [0, 0.1) is 0 Å². The van der Waals surface area contributed by atoms with Gasteiger partial charge in [-0.3, -0.25) is 0 Å². The summed E-state index contributed by atoms with van der Waals surface area (Å²) in [5.41, 5.74) is 0. The molecule has 5 N–H and O–H groups in total. The number of hydrogen-bond donors (Lipinski definition) is 0. The van der Waals surface area contributed by atoms with Crippen LogP contribution in [0.2, 0.25) is 0 Å².